The Morgan fingerprint density at radius 1 is 1.15 bits per heavy atom. The van der Waals surface area contributed by atoms with Crippen molar-refractivity contribution in [1.82, 2.24) is 16.0 Å². The number of carbonyl (C=O) groups is 1. The normalized spacial score (nSPS) is 37.8. The number of aliphatic hydroxyl groups is 6. The van der Waals surface area contributed by atoms with E-state index in [1.165, 1.54) is 6.92 Å². The molecule has 266 valence electrons. The molecule has 0 spiro atoms. The molecule has 3 rings (SSSR count). The molecular formula is C27H52N8O11. The van der Waals surface area contributed by atoms with Crippen molar-refractivity contribution in [1.29, 1.82) is 0 Å². The van der Waals surface area contributed by atoms with E-state index >= 15 is 0 Å². The number of hydrogen-bond acceptors (Lipinski definition) is 16. The molecule has 0 bridgehead atoms. The van der Waals surface area contributed by atoms with E-state index in [2.05, 4.69) is 20.9 Å². The zero-order chi connectivity index (χ0) is 34.2. The lowest BCUT2D eigenvalue weighted by molar-refractivity contribution is -0.304. The minimum absolute atomic E-state index is 0.000000598. The van der Waals surface area contributed by atoms with Crippen molar-refractivity contribution in [2.45, 2.75) is 105 Å². The van der Waals surface area contributed by atoms with Crippen LogP contribution in [0, 0.1) is 0 Å². The quantitative estimate of drug-likeness (QED) is 0.0571. The molecule has 2 aliphatic heterocycles. The molecule has 46 heavy (non-hydrogen) atoms. The second kappa shape index (κ2) is 17.2. The highest BCUT2D eigenvalue weighted by Gasteiger charge is 2.52. The average Bonchev–Trinajstić information content (AvgIpc) is 2.99. The number of nitrogens with two attached hydrogens (primary N) is 4. The first-order valence-electron chi connectivity index (χ1n) is 15.3. The van der Waals surface area contributed by atoms with Crippen molar-refractivity contribution >= 4 is 11.9 Å². The Morgan fingerprint density at radius 3 is 2.50 bits per heavy atom. The Morgan fingerprint density at radius 2 is 1.85 bits per heavy atom. The second-order valence-electron chi connectivity index (χ2n) is 12.1. The van der Waals surface area contributed by atoms with Crippen LogP contribution in [-0.4, -0.2) is 161 Å². The molecule has 0 aromatic rings. The monoisotopic (exact) mass is 664 g/mol. The summed E-state index contributed by atoms with van der Waals surface area (Å²) in [5, 5.41) is 70.7. The van der Waals surface area contributed by atoms with Crippen LogP contribution >= 0.6 is 0 Å². The van der Waals surface area contributed by atoms with Gasteiger partial charge in [0, 0.05) is 25.6 Å². The zero-order valence-corrected chi connectivity index (χ0v) is 26.1. The van der Waals surface area contributed by atoms with Gasteiger partial charge in [0.05, 0.1) is 44.0 Å². The van der Waals surface area contributed by atoms with Gasteiger partial charge in [0.15, 0.2) is 12.2 Å². The SMILES string of the molecule is CN[C@@H]1[C@@H](O)[C@@H](O[C@H]2[C@H](NC(=O)[C@@H](O)CCN=C(N)N)C[C@H](N)C(O[C@H]3OC(CNCC(O)CO)=CC[C@H]3N)[C@@H]2O)OC[C@]1(C)O. The lowest BCUT2D eigenvalue weighted by atomic mass is 9.83. The molecule has 1 amide bonds. The summed E-state index contributed by atoms with van der Waals surface area (Å²) in [6, 6.07) is -3.37. The van der Waals surface area contributed by atoms with Crippen molar-refractivity contribution in [3.63, 3.8) is 0 Å². The molecule has 0 radical (unpaired) electrons. The highest BCUT2D eigenvalue weighted by Crippen LogP contribution is 2.32. The molecule has 2 heterocycles. The van der Waals surface area contributed by atoms with E-state index in [1.54, 1.807) is 13.1 Å². The summed E-state index contributed by atoms with van der Waals surface area (Å²) in [7, 11) is 1.55. The van der Waals surface area contributed by atoms with Gasteiger partial charge in [-0.25, -0.2) is 0 Å². The molecular weight excluding hydrogens is 612 g/mol. The number of guanidine groups is 1. The summed E-state index contributed by atoms with van der Waals surface area (Å²) >= 11 is 0. The lowest BCUT2D eigenvalue weighted by Gasteiger charge is -2.48. The van der Waals surface area contributed by atoms with Crippen molar-refractivity contribution < 1.29 is 54.4 Å². The van der Waals surface area contributed by atoms with Crippen LogP contribution in [0.2, 0.25) is 0 Å². The smallest absolute Gasteiger partial charge is 0.249 e. The number of ether oxygens (including phenoxy) is 4. The van der Waals surface area contributed by atoms with Gasteiger partial charge in [-0.1, -0.05) is 0 Å². The molecule has 2 unspecified atom stereocenters. The Hall–Kier alpha value is -2.24. The minimum Gasteiger partial charge on any atom is -0.467 e. The Bertz CT molecular complexity index is 1040. The largest absolute Gasteiger partial charge is 0.467 e. The summed E-state index contributed by atoms with van der Waals surface area (Å²) < 4.78 is 23.8. The molecule has 1 saturated carbocycles. The van der Waals surface area contributed by atoms with Crippen LogP contribution in [-0.2, 0) is 23.7 Å². The van der Waals surface area contributed by atoms with E-state index in [4.69, 9.17) is 47.0 Å². The van der Waals surface area contributed by atoms with Gasteiger partial charge in [-0.3, -0.25) is 9.79 Å². The fraction of sp³-hybridized carbons (Fsp3) is 0.852. The van der Waals surface area contributed by atoms with Crippen molar-refractivity contribution in [3.8, 4) is 0 Å². The third-order valence-corrected chi connectivity index (χ3v) is 8.19. The van der Waals surface area contributed by atoms with Gasteiger partial charge in [0.25, 0.3) is 0 Å². The molecule has 19 heteroatoms. The first-order chi connectivity index (χ1) is 21.7. The first-order valence-corrected chi connectivity index (χ1v) is 15.3. The number of likely N-dealkylation sites (N-methyl/N-ethyl adjacent to an activating group) is 1. The van der Waals surface area contributed by atoms with Gasteiger partial charge in [-0.2, -0.15) is 0 Å². The van der Waals surface area contributed by atoms with Crippen LogP contribution in [0.3, 0.4) is 0 Å². The number of aliphatic imine (C=N–C) groups is 1. The number of aliphatic hydroxyl groups excluding tert-OH is 5. The molecule has 1 saturated heterocycles. The minimum atomic E-state index is -1.53. The summed E-state index contributed by atoms with van der Waals surface area (Å²) in [6.07, 6.45) is -8.13. The van der Waals surface area contributed by atoms with Gasteiger partial charge in [-0.05, 0) is 32.9 Å². The highest BCUT2D eigenvalue weighted by atomic mass is 16.7. The fourth-order valence-electron chi connectivity index (χ4n) is 5.67. The molecule has 17 N–H and O–H groups in total. The maximum absolute atomic E-state index is 12.9. The summed E-state index contributed by atoms with van der Waals surface area (Å²) in [4.78, 5) is 16.7. The van der Waals surface area contributed by atoms with Gasteiger partial charge >= 0.3 is 0 Å². The van der Waals surface area contributed by atoms with E-state index < -0.39 is 91.5 Å². The average molecular weight is 665 g/mol. The fourth-order valence-corrected chi connectivity index (χ4v) is 5.67. The standard InChI is InChI=1S/C27H52N8O11/c1-27(42)11-43-25(19(40)22(27)32-2)46-21-16(35-23(41)17(38)5-6-34-26(30)31)7-15(29)20(18(21)39)45-24-14(28)4-3-13(44-24)9-33-8-12(37)10-36/h3,12,14-22,24-25,32-33,36-40,42H,4-11,28-29H2,1-2H3,(H,35,41)(H4,30,31,34)/t12?,14-,15+,16-,17+,18+,19-,20?,21+,22-,24-,25-,27+/m1/s1. The third kappa shape index (κ3) is 10.1. The van der Waals surface area contributed by atoms with E-state index in [9.17, 15) is 30.3 Å². The molecule has 2 fully saturated rings. The number of nitrogens with zero attached hydrogens (tertiary/aromatic N) is 1. The van der Waals surface area contributed by atoms with Crippen molar-refractivity contribution in [3.05, 3.63) is 11.8 Å². The van der Waals surface area contributed by atoms with Gasteiger partial charge in [0.2, 0.25) is 12.2 Å². The van der Waals surface area contributed by atoms with Crippen molar-refractivity contribution in [2.24, 2.45) is 27.9 Å². The Kier molecular flexibility index (Phi) is 14.3. The number of carbonyl (C=O) groups excluding carboxylic acids is 1. The Labute approximate surface area is 267 Å². The predicted molar refractivity (Wildman–Crippen MR) is 162 cm³/mol. The van der Waals surface area contributed by atoms with Gasteiger partial charge < -0.3 is 88.5 Å². The summed E-state index contributed by atoms with van der Waals surface area (Å²) in [5.41, 5.74) is 21.9. The number of rotatable bonds is 15. The lowest BCUT2D eigenvalue weighted by Crippen LogP contribution is -2.69. The third-order valence-electron chi connectivity index (χ3n) is 8.19. The molecule has 0 aromatic heterocycles. The maximum Gasteiger partial charge on any atom is 0.249 e. The zero-order valence-electron chi connectivity index (χ0n) is 26.1. The summed E-state index contributed by atoms with van der Waals surface area (Å²) in [5.74, 6) is -0.526. The number of hydrogen-bond donors (Lipinski definition) is 13. The maximum atomic E-state index is 12.9. The molecule has 0 aromatic carbocycles. The van der Waals surface area contributed by atoms with Gasteiger partial charge in [-0.15, -0.1) is 0 Å². The van der Waals surface area contributed by atoms with E-state index in [-0.39, 0.29) is 45.0 Å². The van der Waals surface area contributed by atoms with Crippen molar-refractivity contribution in [2.75, 3.05) is 39.9 Å². The highest BCUT2D eigenvalue weighted by molar-refractivity contribution is 5.81. The Balaban J connectivity index is 1.77. The van der Waals surface area contributed by atoms with E-state index in [1.807, 2.05) is 0 Å². The van der Waals surface area contributed by atoms with Crippen LogP contribution in [0.4, 0.5) is 0 Å². The van der Waals surface area contributed by atoms with Crippen LogP contribution in [0.5, 0.6) is 0 Å². The van der Waals surface area contributed by atoms with Crippen LogP contribution in [0.15, 0.2) is 16.8 Å². The molecule has 13 atom stereocenters. The van der Waals surface area contributed by atoms with Crippen LogP contribution in [0.1, 0.15) is 26.2 Å². The number of amides is 1. The molecule has 3 aliphatic rings. The topological polar surface area (TPSA) is 328 Å². The molecule has 1 aliphatic carbocycles. The number of nitrogens with one attached hydrogen (secondary N) is 3. The summed E-state index contributed by atoms with van der Waals surface area (Å²) in [6.45, 7) is 1.19. The van der Waals surface area contributed by atoms with E-state index in [0.717, 1.165) is 0 Å². The van der Waals surface area contributed by atoms with Crippen LogP contribution in [0.25, 0.3) is 0 Å². The van der Waals surface area contributed by atoms with Crippen LogP contribution < -0.4 is 38.9 Å². The predicted octanol–water partition coefficient (Wildman–Crippen LogP) is -6.69. The molecule has 19 nitrogen and oxygen atoms in total. The van der Waals surface area contributed by atoms with Gasteiger partial charge in [0.1, 0.15) is 41.9 Å². The first kappa shape index (κ1) is 38.2. The van der Waals surface area contributed by atoms with E-state index in [0.29, 0.717) is 12.2 Å². The second-order valence-corrected chi connectivity index (χ2v) is 12.1.